The molecule has 3 aromatic rings. The number of nitrogens with zero attached hydrogens (tertiary/aromatic N) is 2. The van der Waals surface area contributed by atoms with E-state index in [0.29, 0.717) is 0 Å². The lowest BCUT2D eigenvalue weighted by Gasteiger charge is -2.34. The maximum Gasteiger partial charge on any atom is 0.120 e. The van der Waals surface area contributed by atoms with Gasteiger partial charge in [0, 0.05) is 33.6 Å². The zero-order valence-corrected chi connectivity index (χ0v) is 20.1. The van der Waals surface area contributed by atoms with Crippen LogP contribution in [0.4, 0.5) is 5.69 Å². The fourth-order valence-corrected chi connectivity index (χ4v) is 5.19. The van der Waals surface area contributed by atoms with Crippen molar-refractivity contribution in [3.8, 4) is 0 Å². The molecule has 1 aliphatic heterocycles. The highest BCUT2D eigenvalue weighted by atomic mass is 32.1. The standard InChI is InChI=1S/C28H31N3S/c1-6-19(3)29-25(7-2)26-17-18-27(32-26)28-30-20(4)23-15-11-12-16-24(23)21(5)31(28)22-13-9-8-10-14-22/h7-18,20,28,30H,5-6H2,1-4H3/b25-7-,29-19?. The van der Waals surface area contributed by atoms with Crippen LogP contribution in [0.1, 0.15) is 67.2 Å². The summed E-state index contributed by atoms with van der Waals surface area (Å²) < 4.78 is 0. The quantitative estimate of drug-likeness (QED) is 0.409. The second kappa shape index (κ2) is 9.68. The van der Waals surface area contributed by atoms with Crippen LogP contribution in [-0.2, 0) is 0 Å². The topological polar surface area (TPSA) is 27.6 Å². The van der Waals surface area contributed by atoms with Gasteiger partial charge in [-0.25, -0.2) is 0 Å². The highest BCUT2D eigenvalue weighted by Gasteiger charge is 2.32. The van der Waals surface area contributed by atoms with E-state index in [1.165, 1.54) is 20.9 Å². The van der Waals surface area contributed by atoms with E-state index in [1.54, 1.807) is 11.3 Å². The first-order valence-electron chi connectivity index (χ1n) is 11.2. The van der Waals surface area contributed by atoms with Gasteiger partial charge in [0.25, 0.3) is 0 Å². The van der Waals surface area contributed by atoms with Crippen LogP contribution < -0.4 is 10.2 Å². The van der Waals surface area contributed by atoms with Crippen LogP contribution in [0.15, 0.2) is 84.4 Å². The Labute approximate surface area is 195 Å². The minimum atomic E-state index is -0.0274. The smallest absolute Gasteiger partial charge is 0.120 e. The molecule has 0 fully saturated rings. The first-order valence-corrected chi connectivity index (χ1v) is 12.0. The third-order valence-corrected chi connectivity index (χ3v) is 7.13. The molecule has 0 spiro atoms. The predicted octanol–water partition coefficient (Wildman–Crippen LogP) is 7.82. The van der Waals surface area contributed by atoms with E-state index in [-0.39, 0.29) is 12.2 Å². The van der Waals surface area contributed by atoms with Crippen LogP contribution in [0.3, 0.4) is 0 Å². The first kappa shape index (κ1) is 22.3. The number of thiophene rings is 1. The number of aliphatic imine (C=N–C) groups is 1. The largest absolute Gasteiger partial charge is 0.320 e. The summed E-state index contributed by atoms with van der Waals surface area (Å²) in [5, 5.41) is 3.87. The van der Waals surface area contributed by atoms with Gasteiger partial charge in [-0.1, -0.05) is 62.0 Å². The van der Waals surface area contributed by atoms with Crippen LogP contribution in [0.25, 0.3) is 11.4 Å². The summed E-state index contributed by atoms with van der Waals surface area (Å²) in [5.74, 6) is 0. The molecule has 0 bridgehead atoms. The molecular weight excluding hydrogens is 410 g/mol. The van der Waals surface area contributed by atoms with Gasteiger partial charge in [-0.3, -0.25) is 10.3 Å². The fourth-order valence-electron chi connectivity index (χ4n) is 4.11. The molecule has 0 aliphatic carbocycles. The molecule has 2 unspecified atom stereocenters. The second-order valence-electron chi connectivity index (χ2n) is 8.11. The number of hydrogen-bond donors (Lipinski definition) is 1. The van der Waals surface area contributed by atoms with Crippen molar-refractivity contribution >= 4 is 34.1 Å². The number of para-hydroxylation sites is 1. The molecular formula is C28H31N3S. The van der Waals surface area contributed by atoms with E-state index >= 15 is 0 Å². The summed E-state index contributed by atoms with van der Waals surface area (Å²) in [7, 11) is 0. The Morgan fingerprint density at radius 1 is 1.09 bits per heavy atom. The van der Waals surface area contributed by atoms with Crippen molar-refractivity contribution in [2.75, 3.05) is 4.90 Å². The second-order valence-corrected chi connectivity index (χ2v) is 9.22. The molecule has 1 aliphatic rings. The van der Waals surface area contributed by atoms with Gasteiger partial charge in [-0.15, -0.1) is 11.3 Å². The molecule has 2 heterocycles. The van der Waals surface area contributed by atoms with Gasteiger partial charge in [-0.05, 0) is 57.0 Å². The van der Waals surface area contributed by atoms with E-state index in [0.717, 1.165) is 29.2 Å². The Bertz CT molecular complexity index is 1160. The van der Waals surface area contributed by atoms with Crippen molar-refractivity contribution in [2.45, 2.75) is 46.3 Å². The Morgan fingerprint density at radius 2 is 1.81 bits per heavy atom. The minimum absolute atomic E-state index is 0.0274. The average Bonchev–Trinajstić information content (AvgIpc) is 3.28. The zero-order valence-electron chi connectivity index (χ0n) is 19.3. The monoisotopic (exact) mass is 441 g/mol. The van der Waals surface area contributed by atoms with Crippen molar-refractivity contribution in [2.24, 2.45) is 4.99 Å². The molecule has 4 heteroatoms. The first-order chi connectivity index (χ1) is 15.5. The number of allylic oxidation sites excluding steroid dienone is 1. The van der Waals surface area contributed by atoms with E-state index < -0.39 is 0 Å². The third kappa shape index (κ3) is 4.34. The molecule has 1 N–H and O–H groups in total. The van der Waals surface area contributed by atoms with Gasteiger partial charge in [0.05, 0.1) is 10.6 Å². The van der Waals surface area contributed by atoms with Gasteiger partial charge in [0.2, 0.25) is 0 Å². The summed E-state index contributed by atoms with van der Waals surface area (Å²) in [6.07, 6.45) is 3.03. The van der Waals surface area contributed by atoms with Crippen LogP contribution in [-0.4, -0.2) is 5.71 Å². The number of benzene rings is 2. The van der Waals surface area contributed by atoms with Crippen molar-refractivity contribution < 1.29 is 0 Å². The summed E-state index contributed by atoms with van der Waals surface area (Å²) in [6.45, 7) is 13.1. The number of nitrogens with one attached hydrogen (secondary N) is 1. The number of hydrogen-bond acceptors (Lipinski definition) is 4. The molecule has 4 rings (SSSR count). The van der Waals surface area contributed by atoms with E-state index in [1.807, 2.05) is 0 Å². The molecule has 0 radical (unpaired) electrons. The zero-order chi connectivity index (χ0) is 22.7. The number of rotatable bonds is 5. The third-order valence-electron chi connectivity index (χ3n) is 5.97. The lowest BCUT2D eigenvalue weighted by Crippen LogP contribution is -2.35. The van der Waals surface area contributed by atoms with E-state index in [9.17, 15) is 0 Å². The Kier molecular flexibility index (Phi) is 6.73. The molecule has 2 atom stereocenters. The molecule has 1 aromatic heterocycles. The van der Waals surface area contributed by atoms with Crippen LogP contribution in [0.2, 0.25) is 0 Å². The van der Waals surface area contributed by atoms with E-state index in [2.05, 4.69) is 117 Å². The van der Waals surface area contributed by atoms with Gasteiger partial charge < -0.3 is 4.90 Å². The SMILES string of the molecule is C=C1c2ccccc2C(C)NC(c2ccc(/C(=C/C)N=C(C)CC)s2)N1c1ccccc1. The lowest BCUT2D eigenvalue weighted by atomic mass is 10.00. The number of anilines is 1. The molecule has 3 nitrogen and oxygen atoms in total. The molecule has 2 aromatic carbocycles. The molecule has 0 saturated carbocycles. The lowest BCUT2D eigenvalue weighted by molar-refractivity contribution is 0.487. The average molecular weight is 442 g/mol. The summed E-state index contributed by atoms with van der Waals surface area (Å²) in [4.78, 5) is 9.59. The number of fused-ring (bicyclic) bond motifs is 1. The van der Waals surface area contributed by atoms with Crippen LogP contribution in [0, 0.1) is 0 Å². The highest BCUT2D eigenvalue weighted by molar-refractivity contribution is 7.13. The summed E-state index contributed by atoms with van der Waals surface area (Å²) >= 11 is 1.79. The summed E-state index contributed by atoms with van der Waals surface area (Å²) in [6, 6.07) is 23.7. The summed E-state index contributed by atoms with van der Waals surface area (Å²) in [5.41, 5.74) is 6.78. The predicted molar refractivity (Wildman–Crippen MR) is 140 cm³/mol. The normalized spacial score (nSPS) is 19.6. The molecule has 32 heavy (non-hydrogen) atoms. The fraction of sp³-hybridized carbons (Fsp3) is 0.250. The van der Waals surface area contributed by atoms with Crippen LogP contribution >= 0.6 is 11.3 Å². The van der Waals surface area contributed by atoms with Gasteiger partial charge in [-0.2, -0.15) is 0 Å². The maximum absolute atomic E-state index is 4.84. The van der Waals surface area contributed by atoms with Crippen molar-refractivity contribution in [3.05, 3.63) is 100 Å². The van der Waals surface area contributed by atoms with Gasteiger partial charge in [0.1, 0.15) is 6.17 Å². The van der Waals surface area contributed by atoms with Gasteiger partial charge in [0.15, 0.2) is 0 Å². The van der Waals surface area contributed by atoms with Crippen molar-refractivity contribution in [1.82, 2.24) is 5.32 Å². The van der Waals surface area contributed by atoms with E-state index in [4.69, 9.17) is 4.99 Å². The Hall–Kier alpha value is -2.95. The molecule has 0 saturated heterocycles. The Balaban J connectivity index is 1.80. The van der Waals surface area contributed by atoms with Crippen molar-refractivity contribution in [1.29, 1.82) is 0 Å². The highest BCUT2D eigenvalue weighted by Crippen LogP contribution is 2.42. The van der Waals surface area contributed by atoms with Crippen LogP contribution in [0.5, 0.6) is 0 Å². The molecule has 164 valence electrons. The molecule has 0 amide bonds. The van der Waals surface area contributed by atoms with Gasteiger partial charge >= 0.3 is 0 Å². The Morgan fingerprint density at radius 3 is 2.53 bits per heavy atom. The minimum Gasteiger partial charge on any atom is -0.320 e. The van der Waals surface area contributed by atoms with Crippen molar-refractivity contribution in [3.63, 3.8) is 0 Å². The maximum atomic E-state index is 4.84.